The van der Waals surface area contributed by atoms with Crippen LogP contribution in [0.4, 0.5) is 5.69 Å². The number of carbonyl (C=O) groups excluding carboxylic acids is 1. The minimum absolute atomic E-state index is 0.256. The first-order valence-electron chi connectivity index (χ1n) is 4.83. The Morgan fingerprint density at radius 1 is 1.67 bits per heavy atom. The predicted molar refractivity (Wildman–Crippen MR) is 67.0 cm³/mol. The molecule has 1 aromatic rings. The summed E-state index contributed by atoms with van der Waals surface area (Å²) >= 11 is 0. The zero-order valence-corrected chi connectivity index (χ0v) is 9.60. The number of nitriles is 1. The van der Waals surface area contributed by atoms with Crippen molar-refractivity contribution in [3.63, 3.8) is 0 Å². The molecule has 0 fully saturated rings. The molecule has 0 aromatic heterocycles. The van der Waals surface area contributed by atoms with E-state index < -0.39 is 5.84 Å². The molecule has 0 amide bonds. The van der Waals surface area contributed by atoms with Crippen LogP contribution >= 0.6 is 0 Å². The third-order valence-electron chi connectivity index (χ3n) is 2.01. The Bertz CT molecular complexity index is 545. The lowest BCUT2D eigenvalue weighted by molar-refractivity contribution is 0.112. The predicted octanol–water partition coefficient (Wildman–Crippen LogP) is 0.735. The lowest BCUT2D eigenvalue weighted by Gasteiger charge is -2.08. The van der Waals surface area contributed by atoms with Gasteiger partial charge in [-0.15, -0.1) is 0 Å². The number of hydrogen-bond acceptors (Lipinski definition) is 6. The van der Waals surface area contributed by atoms with Gasteiger partial charge in [-0.2, -0.15) is 10.4 Å². The molecular weight excluding hydrogens is 234 g/mol. The monoisotopic (exact) mass is 245 g/mol. The number of nitrogens with zero attached hydrogens (tertiary/aromatic N) is 2. The Labute approximate surface area is 103 Å². The minimum Gasteiger partial charge on any atom is -0.495 e. The van der Waals surface area contributed by atoms with E-state index in [1.807, 2.05) is 0 Å². The number of methoxy groups -OCH3 is 1. The first-order chi connectivity index (χ1) is 8.62. The van der Waals surface area contributed by atoms with Crippen molar-refractivity contribution >= 4 is 23.5 Å². The van der Waals surface area contributed by atoms with E-state index in [1.165, 1.54) is 13.2 Å². The smallest absolute Gasteiger partial charge is 0.201 e. The molecule has 18 heavy (non-hydrogen) atoms. The van der Waals surface area contributed by atoms with Crippen molar-refractivity contribution in [1.29, 1.82) is 10.7 Å². The van der Waals surface area contributed by atoms with Gasteiger partial charge in [0.1, 0.15) is 18.1 Å². The van der Waals surface area contributed by atoms with E-state index >= 15 is 0 Å². The molecule has 0 atom stereocenters. The van der Waals surface area contributed by atoms with Crippen molar-refractivity contribution in [1.82, 2.24) is 0 Å². The molecule has 0 aliphatic heterocycles. The van der Waals surface area contributed by atoms with E-state index in [4.69, 9.17) is 21.1 Å². The Morgan fingerprint density at radius 3 is 2.89 bits per heavy atom. The standard InChI is InChI=1S/C11H11N5O2/c1-18-10-3-2-7(6-17)4-8(10)15-16-9(5-12)11(13)14/h2-4,6,15H,1H3,(H3,13,14)/b16-9+. The molecule has 0 spiro atoms. The van der Waals surface area contributed by atoms with Crippen molar-refractivity contribution in [3.05, 3.63) is 23.8 Å². The molecule has 0 bridgehead atoms. The second kappa shape index (κ2) is 6.00. The third kappa shape index (κ3) is 3.05. The maximum atomic E-state index is 10.6. The molecule has 0 radical (unpaired) electrons. The first kappa shape index (κ1) is 13.2. The number of ether oxygens (including phenoxy) is 1. The number of hydrogen-bond donors (Lipinski definition) is 3. The molecule has 0 saturated heterocycles. The van der Waals surface area contributed by atoms with E-state index in [2.05, 4.69) is 10.5 Å². The van der Waals surface area contributed by atoms with Crippen molar-refractivity contribution in [2.24, 2.45) is 10.8 Å². The van der Waals surface area contributed by atoms with Gasteiger partial charge < -0.3 is 10.5 Å². The van der Waals surface area contributed by atoms with Crippen LogP contribution in [0.25, 0.3) is 0 Å². The van der Waals surface area contributed by atoms with Crippen LogP contribution in [0.2, 0.25) is 0 Å². The van der Waals surface area contributed by atoms with Gasteiger partial charge in [-0.3, -0.25) is 15.6 Å². The molecule has 7 heteroatoms. The fourth-order valence-electron chi connectivity index (χ4n) is 1.15. The van der Waals surface area contributed by atoms with Gasteiger partial charge in [-0.25, -0.2) is 0 Å². The summed E-state index contributed by atoms with van der Waals surface area (Å²) in [6.45, 7) is 0. The molecule has 0 unspecified atom stereocenters. The zero-order chi connectivity index (χ0) is 13.5. The number of anilines is 1. The number of rotatable bonds is 5. The normalized spacial score (nSPS) is 10.3. The molecule has 0 aliphatic rings. The van der Waals surface area contributed by atoms with E-state index in [0.717, 1.165) is 0 Å². The third-order valence-corrected chi connectivity index (χ3v) is 2.01. The summed E-state index contributed by atoms with van der Waals surface area (Å²) in [5.41, 5.74) is 8.24. The highest BCUT2D eigenvalue weighted by atomic mass is 16.5. The molecular formula is C11H11N5O2. The number of benzene rings is 1. The van der Waals surface area contributed by atoms with E-state index in [1.54, 1.807) is 18.2 Å². The van der Waals surface area contributed by atoms with E-state index in [0.29, 0.717) is 23.3 Å². The number of carbonyl (C=O) groups is 1. The number of amidine groups is 1. The molecule has 0 heterocycles. The Hall–Kier alpha value is -2.88. The molecule has 92 valence electrons. The molecule has 1 aromatic carbocycles. The average Bonchev–Trinajstić information content (AvgIpc) is 2.38. The Balaban J connectivity index is 3.06. The van der Waals surface area contributed by atoms with Crippen LogP contribution in [0.5, 0.6) is 5.75 Å². The average molecular weight is 245 g/mol. The van der Waals surface area contributed by atoms with E-state index in [-0.39, 0.29) is 5.71 Å². The summed E-state index contributed by atoms with van der Waals surface area (Å²) in [5, 5.41) is 19.4. The Morgan fingerprint density at radius 2 is 2.39 bits per heavy atom. The largest absolute Gasteiger partial charge is 0.495 e. The van der Waals surface area contributed by atoms with Gasteiger partial charge in [0, 0.05) is 5.56 Å². The number of nitrogens with one attached hydrogen (secondary N) is 2. The van der Waals surface area contributed by atoms with Crippen LogP contribution < -0.4 is 15.9 Å². The van der Waals surface area contributed by atoms with Crippen LogP contribution in [0.3, 0.4) is 0 Å². The second-order valence-corrected chi connectivity index (χ2v) is 3.18. The maximum absolute atomic E-state index is 10.6. The lowest BCUT2D eigenvalue weighted by Crippen LogP contribution is -2.21. The highest BCUT2D eigenvalue weighted by molar-refractivity contribution is 6.45. The highest BCUT2D eigenvalue weighted by Gasteiger charge is 2.05. The summed E-state index contributed by atoms with van der Waals surface area (Å²) < 4.78 is 5.06. The summed E-state index contributed by atoms with van der Waals surface area (Å²) in [7, 11) is 1.46. The van der Waals surface area contributed by atoms with Crippen molar-refractivity contribution < 1.29 is 9.53 Å². The lowest BCUT2D eigenvalue weighted by atomic mass is 10.2. The van der Waals surface area contributed by atoms with Crippen LogP contribution in [-0.2, 0) is 0 Å². The fourth-order valence-corrected chi connectivity index (χ4v) is 1.15. The van der Waals surface area contributed by atoms with Crippen LogP contribution in [-0.4, -0.2) is 24.9 Å². The second-order valence-electron chi connectivity index (χ2n) is 3.18. The van der Waals surface area contributed by atoms with Crippen LogP contribution in [0, 0.1) is 16.7 Å². The van der Waals surface area contributed by atoms with Crippen molar-refractivity contribution in [2.45, 2.75) is 0 Å². The molecule has 1 rings (SSSR count). The van der Waals surface area contributed by atoms with Crippen molar-refractivity contribution in [2.75, 3.05) is 12.5 Å². The van der Waals surface area contributed by atoms with Gasteiger partial charge in [0.05, 0.1) is 12.8 Å². The maximum Gasteiger partial charge on any atom is 0.201 e. The Kier molecular flexibility index (Phi) is 4.40. The molecule has 7 nitrogen and oxygen atoms in total. The zero-order valence-electron chi connectivity index (χ0n) is 9.60. The molecule has 0 saturated carbocycles. The van der Waals surface area contributed by atoms with Gasteiger partial charge in [0.25, 0.3) is 0 Å². The molecule has 0 aliphatic carbocycles. The number of aldehydes is 1. The van der Waals surface area contributed by atoms with Crippen LogP contribution in [0.15, 0.2) is 23.3 Å². The summed E-state index contributed by atoms with van der Waals surface area (Å²) in [6.07, 6.45) is 0.671. The van der Waals surface area contributed by atoms with Gasteiger partial charge in [0.15, 0.2) is 5.84 Å². The molecule has 4 N–H and O–H groups in total. The van der Waals surface area contributed by atoms with Crippen LogP contribution in [0.1, 0.15) is 10.4 Å². The van der Waals surface area contributed by atoms with E-state index in [9.17, 15) is 4.79 Å². The highest BCUT2D eigenvalue weighted by Crippen LogP contribution is 2.24. The number of nitrogens with two attached hydrogens (primary N) is 1. The summed E-state index contributed by atoms with van der Waals surface area (Å²) in [5.74, 6) is 0.000649. The van der Waals surface area contributed by atoms with Gasteiger partial charge >= 0.3 is 0 Å². The first-order valence-corrected chi connectivity index (χ1v) is 4.83. The van der Waals surface area contributed by atoms with Crippen molar-refractivity contribution in [3.8, 4) is 11.8 Å². The topological polar surface area (TPSA) is 124 Å². The van der Waals surface area contributed by atoms with Gasteiger partial charge in [0.2, 0.25) is 5.71 Å². The van der Waals surface area contributed by atoms with Gasteiger partial charge in [-0.1, -0.05) is 0 Å². The quantitative estimate of drug-likeness (QED) is 0.305. The summed E-state index contributed by atoms with van der Waals surface area (Å²) in [6, 6.07) is 6.33. The van der Waals surface area contributed by atoms with Gasteiger partial charge in [-0.05, 0) is 18.2 Å². The fraction of sp³-hybridized carbons (Fsp3) is 0.0909. The minimum atomic E-state index is -0.449. The number of hydrazone groups is 1. The SMILES string of the molecule is COc1ccc(C=O)cc1N/N=C(\C#N)C(=N)N. The summed E-state index contributed by atoms with van der Waals surface area (Å²) in [4.78, 5) is 10.6.